The second-order valence-corrected chi connectivity index (χ2v) is 5.93. The second kappa shape index (κ2) is 25.7. The minimum atomic E-state index is 0.564. The molecule has 0 N–H and O–H groups in total. The molecular formula is C20H42O7. The maximum Gasteiger partial charge on any atom is 0.0701 e. The zero-order chi connectivity index (χ0) is 19.7. The van der Waals surface area contributed by atoms with Crippen LogP contribution in [-0.2, 0) is 33.2 Å². The van der Waals surface area contributed by atoms with Gasteiger partial charge in [0.2, 0.25) is 0 Å². The van der Waals surface area contributed by atoms with Crippen LogP contribution in [0.3, 0.4) is 0 Å². The minimum absolute atomic E-state index is 0.564. The Morgan fingerprint density at radius 1 is 0.333 bits per heavy atom. The summed E-state index contributed by atoms with van der Waals surface area (Å²) in [5, 5.41) is 0. The van der Waals surface area contributed by atoms with E-state index >= 15 is 0 Å². The molecule has 0 aromatic heterocycles. The van der Waals surface area contributed by atoms with Crippen molar-refractivity contribution in [1.29, 1.82) is 0 Å². The van der Waals surface area contributed by atoms with Crippen LogP contribution < -0.4 is 0 Å². The first-order valence-corrected chi connectivity index (χ1v) is 10.5. The van der Waals surface area contributed by atoms with E-state index in [1.807, 2.05) is 6.92 Å². The summed E-state index contributed by atoms with van der Waals surface area (Å²) in [4.78, 5) is 0. The van der Waals surface area contributed by atoms with Gasteiger partial charge >= 0.3 is 0 Å². The SMILES string of the molecule is CCCCCCOCCOCCOCCOCCOCCOCCOCC. The van der Waals surface area contributed by atoms with E-state index in [0.717, 1.165) is 19.6 Å². The molecule has 0 heterocycles. The van der Waals surface area contributed by atoms with Crippen LogP contribution in [0.1, 0.15) is 39.5 Å². The predicted octanol–water partition coefficient (Wildman–Crippen LogP) is 2.70. The molecule has 7 nitrogen and oxygen atoms in total. The molecule has 0 spiro atoms. The fourth-order valence-corrected chi connectivity index (χ4v) is 2.09. The highest BCUT2D eigenvalue weighted by atomic mass is 16.6. The van der Waals surface area contributed by atoms with Crippen molar-refractivity contribution < 1.29 is 33.2 Å². The molecule has 0 aliphatic heterocycles. The minimum Gasteiger partial charge on any atom is -0.379 e. The summed E-state index contributed by atoms with van der Waals surface area (Å²) in [5.41, 5.74) is 0. The zero-order valence-electron chi connectivity index (χ0n) is 17.6. The quantitative estimate of drug-likeness (QED) is 0.233. The van der Waals surface area contributed by atoms with E-state index in [-0.39, 0.29) is 0 Å². The first-order chi connectivity index (χ1) is 13.4. The second-order valence-electron chi connectivity index (χ2n) is 5.93. The normalized spacial score (nSPS) is 11.3. The molecule has 0 atom stereocenters. The van der Waals surface area contributed by atoms with Crippen LogP contribution in [0.5, 0.6) is 0 Å². The Bertz CT molecular complexity index is 230. The van der Waals surface area contributed by atoms with Gasteiger partial charge in [0.1, 0.15) is 0 Å². The first kappa shape index (κ1) is 26.7. The molecule has 0 aliphatic rings. The molecule has 0 saturated carbocycles. The lowest BCUT2D eigenvalue weighted by Gasteiger charge is -2.08. The van der Waals surface area contributed by atoms with E-state index in [1.54, 1.807) is 0 Å². The Labute approximate surface area is 165 Å². The topological polar surface area (TPSA) is 64.6 Å². The summed E-state index contributed by atoms with van der Waals surface area (Å²) in [7, 11) is 0. The van der Waals surface area contributed by atoms with Crippen LogP contribution in [0.25, 0.3) is 0 Å². The molecule has 0 radical (unpaired) electrons. The first-order valence-electron chi connectivity index (χ1n) is 10.5. The fourth-order valence-electron chi connectivity index (χ4n) is 2.09. The van der Waals surface area contributed by atoms with Crippen LogP contribution >= 0.6 is 0 Å². The van der Waals surface area contributed by atoms with Gasteiger partial charge in [0.25, 0.3) is 0 Å². The van der Waals surface area contributed by atoms with Crippen molar-refractivity contribution in [3.05, 3.63) is 0 Å². The predicted molar refractivity (Wildman–Crippen MR) is 106 cm³/mol. The number of hydrogen-bond acceptors (Lipinski definition) is 7. The lowest BCUT2D eigenvalue weighted by Crippen LogP contribution is -2.14. The summed E-state index contributed by atoms with van der Waals surface area (Å²) in [6.07, 6.45) is 4.94. The standard InChI is InChI=1S/C20H42O7/c1-3-5-6-7-8-22-11-12-24-15-16-26-19-20-27-18-17-25-14-13-23-10-9-21-4-2/h3-20H2,1-2H3. The Morgan fingerprint density at radius 3 is 1.00 bits per heavy atom. The van der Waals surface area contributed by atoms with E-state index in [2.05, 4.69) is 6.92 Å². The third-order valence-corrected chi connectivity index (χ3v) is 3.58. The van der Waals surface area contributed by atoms with E-state index < -0.39 is 0 Å². The van der Waals surface area contributed by atoms with E-state index in [4.69, 9.17) is 33.2 Å². The highest BCUT2D eigenvalue weighted by molar-refractivity contribution is 4.40. The molecule has 0 rings (SSSR count). The maximum absolute atomic E-state index is 5.50. The molecule has 0 saturated heterocycles. The average Bonchev–Trinajstić information content (AvgIpc) is 2.68. The third-order valence-electron chi connectivity index (χ3n) is 3.58. The Kier molecular flexibility index (Phi) is 25.5. The molecular weight excluding hydrogens is 352 g/mol. The molecule has 0 aromatic rings. The average molecular weight is 395 g/mol. The zero-order valence-corrected chi connectivity index (χ0v) is 17.6. The Balaban J connectivity index is 2.95. The lowest BCUT2D eigenvalue weighted by atomic mass is 10.2. The largest absolute Gasteiger partial charge is 0.379 e. The third kappa shape index (κ3) is 25.7. The molecule has 0 bridgehead atoms. The van der Waals surface area contributed by atoms with Crippen molar-refractivity contribution in [1.82, 2.24) is 0 Å². The molecule has 164 valence electrons. The monoisotopic (exact) mass is 394 g/mol. The number of ether oxygens (including phenoxy) is 7. The molecule has 0 aromatic carbocycles. The fraction of sp³-hybridized carbons (Fsp3) is 1.00. The molecule has 7 heteroatoms. The summed E-state index contributed by atoms with van der Waals surface area (Å²) < 4.78 is 37.7. The van der Waals surface area contributed by atoms with Gasteiger partial charge in [0.15, 0.2) is 0 Å². The van der Waals surface area contributed by atoms with Crippen LogP contribution in [0, 0.1) is 0 Å². The van der Waals surface area contributed by atoms with Crippen LogP contribution in [-0.4, -0.2) is 92.5 Å². The molecule has 0 fully saturated rings. The molecule has 0 amide bonds. The molecule has 0 unspecified atom stereocenters. The van der Waals surface area contributed by atoms with Crippen molar-refractivity contribution in [2.24, 2.45) is 0 Å². The molecule has 0 aliphatic carbocycles. The lowest BCUT2D eigenvalue weighted by molar-refractivity contribution is -0.0202. The van der Waals surface area contributed by atoms with Gasteiger partial charge in [0.05, 0.1) is 79.3 Å². The van der Waals surface area contributed by atoms with Gasteiger partial charge in [-0.1, -0.05) is 26.2 Å². The van der Waals surface area contributed by atoms with Crippen LogP contribution in [0.15, 0.2) is 0 Å². The van der Waals surface area contributed by atoms with Gasteiger partial charge in [-0.05, 0) is 13.3 Å². The number of rotatable bonds is 24. The Hall–Kier alpha value is -0.280. The smallest absolute Gasteiger partial charge is 0.0701 e. The summed E-state index contributed by atoms with van der Waals surface area (Å²) in [5.74, 6) is 0. The van der Waals surface area contributed by atoms with E-state index in [9.17, 15) is 0 Å². The van der Waals surface area contributed by atoms with Gasteiger partial charge in [-0.3, -0.25) is 0 Å². The summed E-state index contributed by atoms with van der Waals surface area (Å²) >= 11 is 0. The van der Waals surface area contributed by atoms with E-state index in [0.29, 0.717) is 79.3 Å². The highest BCUT2D eigenvalue weighted by Crippen LogP contribution is 1.98. The van der Waals surface area contributed by atoms with Crippen molar-refractivity contribution in [2.75, 3.05) is 92.5 Å². The van der Waals surface area contributed by atoms with Gasteiger partial charge in [-0.25, -0.2) is 0 Å². The van der Waals surface area contributed by atoms with Crippen molar-refractivity contribution in [3.63, 3.8) is 0 Å². The van der Waals surface area contributed by atoms with Gasteiger partial charge in [-0.15, -0.1) is 0 Å². The number of hydrogen-bond donors (Lipinski definition) is 0. The van der Waals surface area contributed by atoms with Crippen LogP contribution in [0.4, 0.5) is 0 Å². The maximum atomic E-state index is 5.50. The summed E-state index contributed by atoms with van der Waals surface area (Å²) in [6.45, 7) is 12.9. The Morgan fingerprint density at radius 2 is 0.667 bits per heavy atom. The van der Waals surface area contributed by atoms with Crippen molar-refractivity contribution in [3.8, 4) is 0 Å². The van der Waals surface area contributed by atoms with Crippen LogP contribution in [0.2, 0.25) is 0 Å². The van der Waals surface area contributed by atoms with Crippen molar-refractivity contribution >= 4 is 0 Å². The van der Waals surface area contributed by atoms with Gasteiger partial charge in [0, 0.05) is 13.2 Å². The highest BCUT2D eigenvalue weighted by Gasteiger charge is 1.94. The van der Waals surface area contributed by atoms with Gasteiger partial charge in [-0.2, -0.15) is 0 Å². The summed E-state index contributed by atoms with van der Waals surface area (Å²) in [6, 6.07) is 0. The number of unbranched alkanes of at least 4 members (excludes halogenated alkanes) is 3. The molecule has 27 heavy (non-hydrogen) atoms. The van der Waals surface area contributed by atoms with Gasteiger partial charge < -0.3 is 33.2 Å². The van der Waals surface area contributed by atoms with E-state index in [1.165, 1.54) is 19.3 Å². The van der Waals surface area contributed by atoms with Crippen molar-refractivity contribution in [2.45, 2.75) is 39.5 Å².